The van der Waals surface area contributed by atoms with Crippen molar-refractivity contribution in [3.63, 3.8) is 0 Å². The van der Waals surface area contributed by atoms with Gasteiger partial charge in [0.2, 0.25) is 5.91 Å². The molecular formula is C19H19NO5. The SMILES string of the molecule is O=C(O)C[C@](Cc1ccccc1)(NC(=O)Cc1ccccc1)C(=O)O. The lowest BCUT2D eigenvalue weighted by Crippen LogP contribution is -2.57. The van der Waals surface area contributed by atoms with E-state index in [1.54, 1.807) is 54.6 Å². The molecule has 0 aliphatic rings. The molecule has 6 heteroatoms. The highest BCUT2D eigenvalue weighted by Crippen LogP contribution is 2.19. The minimum atomic E-state index is -1.90. The highest BCUT2D eigenvalue weighted by atomic mass is 16.4. The highest BCUT2D eigenvalue weighted by molar-refractivity contribution is 5.91. The molecule has 0 radical (unpaired) electrons. The number of hydrogen-bond donors (Lipinski definition) is 3. The quantitative estimate of drug-likeness (QED) is 0.680. The Hall–Kier alpha value is -3.15. The van der Waals surface area contributed by atoms with Crippen LogP contribution in [0.2, 0.25) is 0 Å². The lowest BCUT2D eigenvalue weighted by molar-refractivity contribution is -0.153. The first-order chi connectivity index (χ1) is 11.9. The molecule has 0 unspecified atom stereocenters. The summed E-state index contributed by atoms with van der Waals surface area (Å²) in [5, 5.41) is 21.3. The van der Waals surface area contributed by atoms with Crippen LogP contribution in [0.5, 0.6) is 0 Å². The molecule has 0 spiro atoms. The number of carboxylic acids is 2. The second-order valence-electron chi connectivity index (χ2n) is 5.83. The topological polar surface area (TPSA) is 104 Å². The molecule has 0 fully saturated rings. The Morgan fingerprint density at radius 1 is 0.840 bits per heavy atom. The predicted octanol–water partition coefficient (Wildman–Crippen LogP) is 1.89. The maximum atomic E-state index is 12.3. The molecule has 6 nitrogen and oxygen atoms in total. The number of carboxylic acid groups (broad SMARTS) is 2. The lowest BCUT2D eigenvalue weighted by atomic mass is 9.87. The molecule has 0 bridgehead atoms. The minimum Gasteiger partial charge on any atom is -0.481 e. The van der Waals surface area contributed by atoms with Crippen molar-refractivity contribution in [2.45, 2.75) is 24.8 Å². The van der Waals surface area contributed by atoms with Crippen LogP contribution in [0.4, 0.5) is 0 Å². The molecule has 0 aliphatic heterocycles. The predicted molar refractivity (Wildman–Crippen MR) is 91.1 cm³/mol. The zero-order valence-corrected chi connectivity index (χ0v) is 13.5. The molecule has 2 rings (SSSR count). The van der Waals surface area contributed by atoms with Crippen LogP contribution in [0.25, 0.3) is 0 Å². The number of benzene rings is 2. The summed E-state index contributed by atoms with van der Waals surface area (Å²) >= 11 is 0. The Labute approximate surface area is 145 Å². The van der Waals surface area contributed by atoms with E-state index >= 15 is 0 Å². The Morgan fingerprint density at radius 3 is 1.84 bits per heavy atom. The highest BCUT2D eigenvalue weighted by Gasteiger charge is 2.42. The van der Waals surface area contributed by atoms with Crippen LogP contribution in [0.3, 0.4) is 0 Å². The van der Waals surface area contributed by atoms with E-state index in [0.717, 1.165) is 0 Å². The summed E-state index contributed by atoms with van der Waals surface area (Å²) in [6.07, 6.45) is -0.849. The van der Waals surface area contributed by atoms with Gasteiger partial charge in [-0.1, -0.05) is 60.7 Å². The van der Waals surface area contributed by atoms with Gasteiger partial charge < -0.3 is 15.5 Å². The smallest absolute Gasteiger partial charge is 0.330 e. The first-order valence-electron chi connectivity index (χ1n) is 7.75. The van der Waals surface area contributed by atoms with Gasteiger partial charge in [-0.25, -0.2) is 4.79 Å². The molecule has 3 N–H and O–H groups in total. The van der Waals surface area contributed by atoms with Crippen molar-refractivity contribution >= 4 is 17.8 Å². The molecule has 0 saturated carbocycles. The van der Waals surface area contributed by atoms with Gasteiger partial charge in [-0.15, -0.1) is 0 Å². The van der Waals surface area contributed by atoms with Gasteiger partial charge in [0.25, 0.3) is 0 Å². The van der Waals surface area contributed by atoms with E-state index in [0.29, 0.717) is 11.1 Å². The molecule has 130 valence electrons. The van der Waals surface area contributed by atoms with Gasteiger partial charge in [-0.05, 0) is 11.1 Å². The van der Waals surface area contributed by atoms with Crippen molar-refractivity contribution in [1.29, 1.82) is 0 Å². The Bertz CT molecular complexity index is 745. The van der Waals surface area contributed by atoms with Crippen molar-refractivity contribution in [1.82, 2.24) is 5.32 Å². The third-order valence-corrected chi connectivity index (χ3v) is 3.80. The third kappa shape index (κ3) is 5.17. The zero-order valence-electron chi connectivity index (χ0n) is 13.5. The fraction of sp³-hybridized carbons (Fsp3) is 0.211. The summed E-state index contributed by atoms with van der Waals surface area (Å²) in [5.74, 6) is -3.20. The van der Waals surface area contributed by atoms with Crippen molar-refractivity contribution in [2.75, 3.05) is 0 Å². The summed E-state index contributed by atoms with van der Waals surface area (Å²) in [7, 11) is 0. The van der Waals surface area contributed by atoms with Crippen LogP contribution in [0.15, 0.2) is 60.7 Å². The molecule has 25 heavy (non-hydrogen) atoms. The van der Waals surface area contributed by atoms with Crippen LogP contribution in [-0.4, -0.2) is 33.6 Å². The van der Waals surface area contributed by atoms with Gasteiger partial charge >= 0.3 is 11.9 Å². The van der Waals surface area contributed by atoms with Crippen molar-refractivity contribution in [2.24, 2.45) is 0 Å². The number of rotatable bonds is 8. The van der Waals surface area contributed by atoms with Gasteiger partial charge in [-0.2, -0.15) is 0 Å². The molecule has 0 aliphatic carbocycles. The molecule has 2 aromatic rings. The number of carbonyl (C=O) groups is 3. The molecule has 2 aromatic carbocycles. The number of carbonyl (C=O) groups excluding carboxylic acids is 1. The van der Waals surface area contributed by atoms with Crippen LogP contribution in [-0.2, 0) is 27.2 Å². The second-order valence-corrected chi connectivity index (χ2v) is 5.83. The molecule has 1 atom stereocenters. The van der Waals surface area contributed by atoms with Gasteiger partial charge in [0, 0.05) is 6.42 Å². The largest absolute Gasteiger partial charge is 0.481 e. The third-order valence-electron chi connectivity index (χ3n) is 3.80. The number of amides is 1. The van der Waals surface area contributed by atoms with E-state index in [1.165, 1.54) is 0 Å². The van der Waals surface area contributed by atoms with Crippen LogP contribution in [0.1, 0.15) is 17.5 Å². The first kappa shape index (κ1) is 18.2. The van der Waals surface area contributed by atoms with E-state index in [2.05, 4.69) is 5.32 Å². The van der Waals surface area contributed by atoms with Gasteiger partial charge in [-0.3, -0.25) is 9.59 Å². The Morgan fingerprint density at radius 2 is 1.36 bits per heavy atom. The van der Waals surface area contributed by atoms with E-state index in [9.17, 15) is 19.5 Å². The van der Waals surface area contributed by atoms with Crippen LogP contribution < -0.4 is 5.32 Å². The van der Waals surface area contributed by atoms with Crippen molar-refractivity contribution < 1.29 is 24.6 Å². The average Bonchev–Trinajstić information content (AvgIpc) is 2.55. The maximum Gasteiger partial charge on any atom is 0.330 e. The average molecular weight is 341 g/mol. The van der Waals surface area contributed by atoms with Gasteiger partial charge in [0.1, 0.15) is 0 Å². The summed E-state index contributed by atoms with van der Waals surface area (Å²) in [5.41, 5.74) is -0.556. The monoisotopic (exact) mass is 341 g/mol. The minimum absolute atomic E-state index is 0.0235. The molecule has 0 saturated heterocycles. The van der Waals surface area contributed by atoms with Crippen LogP contribution >= 0.6 is 0 Å². The normalized spacial score (nSPS) is 12.8. The molecular weight excluding hydrogens is 322 g/mol. The summed E-state index contributed by atoms with van der Waals surface area (Å²) in [4.78, 5) is 35.4. The fourth-order valence-electron chi connectivity index (χ4n) is 2.65. The fourth-order valence-corrected chi connectivity index (χ4v) is 2.65. The maximum absolute atomic E-state index is 12.3. The summed E-state index contributed by atoms with van der Waals surface area (Å²) in [6, 6.07) is 17.5. The van der Waals surface area contributed by atoms with E-state index in [4.69, 9.17) is 5.11 Å². The van der Waals surface area contributed by atoms with Gasteiger partial charge in [0.05, 0.1) is 12.8 Å². The van der Waals surface area contributed by atoms with Crippen molar-refractivity contribution in [3.8, 4) is 0 Å². The molecule has 0 heterocycles. The number of aliphatic carboxylic acids is 2. The first-order valence-corrected chi connectivity index (χ1v) is 7.75. The Balaban J connectivity index is 2.24. The van der Waals surface area contributed by atoms with Gasteiger partial charge in [0.15, 0.2) is 5.54 Å². The van der Waals surface area contributed by atoms with E-state index in [1.807, 2.05) is 6.07 Å². The van der Waals surface area contributed by atoms with Crippen LogP contribution in [0, 0.1) is 0 Å². The standard InChI is InChI=1S/C19H19NO5/c21-16(11-14-7-3-1-4-8-14)20-19(18(24)25,13-17(22)23)12-15-9-5-2-6-10-15/h1-10H,11-13H2,(H,20,21)(H,22,23)(H,24,25)/t19-/m0/s1. The number of hydrogen-bond acceptors (Lipinski definition) is 3. The zero-order chi connectivity index (χ0) is 18.3. The summed E-state index contributed by atoms with van der Waals surface area (Å²) < 4.78 is 0. The molecule has 0 aromatic heterocycles. The summed E-state index contributed by atoms with van der Waals surface area (Å²) in [6.45, 7) is 0. The van der Waals surface area contributed by atoms with E-state index < -0.39 is 29.8 Å². The Kier molecular flexibility index (Phi) is 5.89. The molecule has 1 amide bonds. The number of nitrogens with one attached hydrogen (secondary N) is 1. The lowest BCUT2D eigenvalue weighted by Gasteiger charge is -2.29. The second kappa shape index (κ2) is 8.10. The van der Waals surface area contributed by atoms with E-state index in [-0.39, 0.29) is 12.8 Å². The van der Waals surface area contributed by atoms with Crippen molar-refractivity contribution in [3.05, 3.63) is 71.8 Å².